The van der Waals surface area contributed by atoms with Gasteiger partial charge in [0.25, 0.3) is 0 Å². The van der Waals surface area contributed by atoms with Gasteiger partial charge in [-0.3, -0.25) is 4.79 Å². The number of anilines is 1. The van der Waals surface area contributed by atoms with Gasteiger partial charge < -0.3 is 19.9 Å². The zero-order chi connectivity index (χ0) is 24.9. The first-order chi connectivity index (χ1) is 17.6. The first-order valence-electron chi connectivity index (χ1n) is 13.2. The van der Waals surface area contributed by atoms with Crippen molar-refractivity contribution in [2.24, 2.45) is 11.8 Å². The molecule has 2 saturated heterocycles. The van der Waals surface area contributed by atoms with Crippen molar-refractivity contribution in [3.63, 3.8) is 0 Å². The molecule has 0 radical (unpaired) electrons. The summed E-state index contributed by atoms with van der Waals surface area (Å²) in [4.78, 5) is 17.5. The van der Waals surface area contributed by atoms with Gasteiger partial charge in [-0.1, -0.05) is 6.92 Å². The summed E-state index contributed by atoms with van der Waals surface area (Å²) >= 11 is 0. The van der Waals surface area contributed by atoms with Gasteiger partial charge >= 0.3 is 0 Å². The van der Waals surface area contributed by atoms with E-state index in [1.165, 1.54) is 25.9 Å². The van der Waals surface area contributed by atoms with Crippen LogP contribution >= 0.6 is 0 Å². The Bertz CT molecular complexity index is 1150. The lowest BCUT2D eigenvalue weighted by Crippen LogP contribution is -2.42. The van der Waals surface area contributed by atoms with E-state index >= 15 is 0 Å². The van der Waals surface area contributed by atoms with Gasteiger partial charge in [0, 0.05) is 37.7 Å². The van der Waals surface area contributed by atoms with Gasteiger partial charge in [0.2, 0.25) is 5.91 Å². The molecular weight excluding hydrogens is 454 g/mol. The van der Waals surface area contributed by atoms with E-state index in [4.69, 9.17) is 9.84 Å². The van der Waals surface area contributed by atoms with Crippen LogP contribution in [0.2, 0.25) is 0 Å². The Kier molecular flexibility index (Phi) is 7.65. The number of aromatic nitrogens is 4. The van der Waals surface area contributed by atoms with Gasteiger partial charge in [-0.2, -0.15) is 4.52 Å². The number of hydrogen-bond acceptors (Lipinski definition) is 7. The van der Waals surface area contributed by atoms with E-state index in [1.54, 1.807) is 11.6 Å². The second-order valence-corrected chi connectivity index (χ2v) is 10.2. The Balaban J connectivity index is 1.13. The molecule has 3 aromatic rings. The fourth-order valence-electron chi connectivity index (χ4n) is 5.39. The van der Waals surface area contributed by atoms with Crippen LogP contribution in [0.15, 0.2) is 36.4 Å². The minimum absolute atomic E-state index is 0.0739. The normalized spacial score (nSPS) is 19.5. The van der Waals surface area contributed by atoms with Crippen LogP contribution < -0.4 is 15.0 Å². The van der Waals surface area contributed by atoms with Crippen LogP contribution in [0.3, 0.4) is 0 Å². The highest BCUT2D eigenvalue weighted by Gasteiger charge is 2.26. The summed E-state index contributed by atoms with van der Waals surface area (Å²) < 4.78 is 7.05. The number of nitrogens with zero attached hydrogens (tertiary/aromatic N) is 6. The number of piperidine rings is 2. The Labute approximate surface area is 212 Å². The van der Waals surface area contributed by atoms with Crippen LogP contribution in [-0.4, -0.2) is 77.0 Å². The average molecular weight is 492 g/mol. The lowest BCUT2D eigenvalue weighted by Gasteiger charge is -2.32. The number of hydrogen-bond donors (Lipinski definition) is 1. The predicted molar refractivity (Wildman–Crippen MR) is 140 cm³/mol. The quantitative estimate of drug-likeness (QED) is 0.484. The summed E-state index contributed by atoms with van der Waals surface area (Å²) in [5.41, 5.74) is 1.64. The van der Waals surface area contributed by atoms with Gasteiger partial charge in [-0.05, 0) is 87.5 Å². The lowest BCUT2D eigenvalue weighted by atomic mass is 9.96. The molecule has 0 unspecified atom stereocenters. The molecule has 2 fully saturated rings. The molecule has 0 aliphatic carbocycles. The molecule has 2 aromatic heterocycles. The lowest BCUT2D eigenvalue weighted by molar-refractivity contribution is -0.125. The van der Waals surface area contributed by atoms with Crippen LogP contribution in [0, 0.1) is 11.8 Å². The summed E-state index contributed by atoms with van der Waals surface area (Å²) in [5.74, 6) is 3.45. The maximum atomic E-state index is 12.7. The number of methoxy groups -OCH3 is 1. The monoisotopic (exact) mass is 491 g/mol. The van der Waals surface area contributed by atoms with Crippen LogP contribution in [0.25, 0.3) is 17.0 Å². The molecule has 0 bridgehead atoms. The van der Waals surface area contributed by atoms with E-state index in [0.717, 1.165) is 68.5 Å². The van der Waals surface area contributed by atoms with Gasteiger partial charge in [0.1, 0.15) is 11.6 Å². The Hall–Kier alpha value is -3.20. The van der Waals surface area contributed by atoms with Crippen molar-refractivity contribution in [2.75, 3.05) is 51.3 Å². The standard InChI is InChI=1S/C27H37N7O2/c1-20-5-3-15-32(19-20)16-4-14-28-27(35)22-12-17-33(18-13-22)25-11-10-24-29-30-26(34(24)31-25)21-6-8-23(36-2)9-7-21/h6-11,20,22H,3-5,12-19H2,1-2H3,(H,28,35)/t20-/m0/s1. The SMILES string of the molecule is COc1ccc(-c2nnc3ccc(N4CCC(C(=O)NCCCN5CCC[C@H](C)C5)CC4)nn23)cc1. The van der Waals surface area contributed by atoms with Gasteiger partial charge in [-0.25, -0.2) is 0 Å². The number of carbonyl (C=O) groups excluding carboxylic acids is 1. The van der Waals surface area contributed by atoms with Crippen LogP contribution in [-0.2, 0) is 4.79 Å². The van der Waals surface area contributed by atoms with E-state index in [0.29, 0.717) is 11.5 Å². The molecule has 9 heteroatoms. The molecule has 9 nitrogen and oxygen atoms in total. The molecule has 5 rings (SSSR count). The third-order valence-corrected chi connectivity index (χ3v) is 7.48. The zero-order valence-electron chi connectivity index (χ0n) is 21.4. The van der Waals surface area contributed by atoms with Crippen molar-refractivity contribution in [3.8, 4) is 17.1 Å². The van der Waals surface area contributed by atoms with E-state index in [1.807, 2.05) is 36.4 Å². The van der Waals surface area contributed by atoms with Crippen molar-refractivity contribution >= 4 is 17.4 Å². The summed E-state index contributed by atoms with van der Waals surface area (Å²) in [6, 6.07) is 11.7. The second-order valence-electron chi connectivity index (χ2n) is 10.2. The fourth-order valence-corrected chi connectivity index (χ4v) is 5.39. The van der Waals surface area contributed by atoms with Crippen LogP contribution in [0.4, 0.5) is 5.82 Å². The number of likely N-dealkylation sites (tertiary alicyclic amines) is 1. The first-order valence-corrected chi connectivity index (χ1v) is 13.2. The maximum Gasteiger partial charge on any atom is 0.223 e. The van der Waals surface area contributed by atoms with Gasteiger partial charge in [0.05, 0.1) is 7.11 Å². The molecule has 36 heavy (non-hydrogen) atoms. The molecule has 1 aromatic carbocycles. The highest BCUT2D eigenvalue weighted by molar-refractivity contribution is 5.79. The largest absolute Gasteiger partial charge is 0.497 e. The van der Waals surface area contributed by atoms with E-state index < -0.39 is 0 Å². The van der Waals surface area contributed by atoms with Crippen molar-refractivity contribution < 1.29 is 9.53 Å². The molecule has 1 atom stereocenters. The first kappa shape index (κ1) is 24.5. The van der Waals surface area contributed by atoms with Gasteiger partial charge in [0.15, 0.2) is 11.5 Å². The Morgan fingerprint density at radius 3 is 2.61 bits per heavy atom. The van der Waals surface area contributed by atoms with Crippen molar-refractivity contribution in [1.82, 2.24) is 30.0 Å². The number of amides is 1. The van der Waals surface area contributed by atoms with E-state index in [9.17, 15) is 4.79 Å². The third kappa shape index (κ3) is 5.61. The summed E-state index contributed by atoms with van der Waals surface area (Å²) in [5, 5.41) is 16.6. The number of nitrogens with one attached hydrogen (secondary N) is 1. The number of ether oxygens (including phenoxy) is 1. The highest BCUT2D eigenvalue weighted by Crippen LogP contribution is 2.25. The van der Waals surface area contributed by atoms with Gasteiger partial charge in [-0.15, -0.1) is 15.3 Å². The molecule has 0 saturated carbocycles. The summed E-state index contributed by atoms with van der Waals surface area (Å²) in [6.07, 6.45) is 5.34. The number of rotatable bonds is 8. The highest BCUT2D eigenvalue weighted by atomic mass is 16.5. The third-order valence-electron chi connectivity index (χ3n) is 7.48. The molecule has 4 heterocycles. The maximum absolute atomic E-state index is 12.7. The summed E-state index contributed by atoms with van der Waals surface area (Å²) in [6.45, 7) is 8.20. The van der Waals surface area contributed by atoms with E-state index in [2.05, 4.69) is 32.2 Å². The molecule has 192 valence electrons. The smallest absolute Gasteiger partial charge is 0.223 e. The second kappa shape index (κ2) is 11.2. The predicted octanol–water partition coefficient (Wildman–Crippen LogP) is 3.25. The molecule has 1 N–H and O–H groups in total. The summed E-state index contributed by atoms with van der Waals surface area (Å²) in [7, 11) is 1.65. The van der Waals surface area contributed by atoms with Crippen molar-refractivity contribution in [1.29, 1.82) is 0 Å². The minimum Gasteiger partial charge on any atom is -0.497 e. The number of fused-ring (bicyclic) bond motifs is 1. The van der Waals surface area contributed by atoms with E-state index in [-0.39, 0.29) is 11.8 Å². The number of carbonyl (C=O) groups is 1. The molecule has 2 aliphatic heterocycles. The van der Waals surface area contributed by atoms with Crippen LogP contribution in [0.5, 0.6) is 5.75 Å². The average Bonchev–Trinajstić information content (AvgIpc) is 3.34. The van der Waals surface area contributed by atoms with Crippen LogP contribution in [0.1, 0.15) is 39.0 Å². The molecular formula is C27H37N7O2. The van der Waals surface area contributed by atoms with Crippen molar-refractivity contribution in [3.05, 3.63) is 36.4 Å². The topological polar surface area (TPSA) is 87.9 Å². The van der Waals surface area contributed by atoms with Crippen molar-refractivity contribution in [2.45, 2.75) is 39.0 Å². The Morgan fingerprint density at radius 1 is 1.06 bits per heavy atom. The molecule has 2 aliphatic rings. The molecule has 0 spiro atoms. The Morgan fingerprint density at radius 2 is 1.86 bits per heavy atom. The fraction of sp³-hybridized carbons (Fsp3) is 0.556. The zero-order valence-corrected chi connectivity index (χ0v) is 21.4. The minimum atomic E-state index is 0.0739. The molecule has 1 amide bonds. The number of benzene rings is 1.